The van der Waals surface area contributed by atoms with Crippen LogP contribution < -0.4 is 0 Å². The number of nitro groups is 2. The molecule has 0 aliphatic rings. The van der Waals surface area contributed by atoms with Crippen molar-refractivity contribution in [2.24, 2.45) is 0 Å². The first-order chi connectivity index (χ1) is 7.34. The van der Waals surface area contributed by atoms with E-state index >= 15 is 0 Å². The molecule has 0 bridgehead atoms. The highest BCUT2D eigenvalue weighted by Gasteiger charge is 2.27. The highest BCUT2D eigenvalue weighted by Crippen LogP contribution is 2.28. The van der Waals surface area contributed by atoms with Gasteiger partial charge in [0.05, 0.1) is 9.85 Å². The predicted octanol–water partition coefficient (Wildman–Crippen LogP) is 1.84. The van der Waals surface area contributed by atoms with Crippen molar-refractivity contribution in [1.29, 1.82) is 0 Å². The summed E-state index contributed by atoms with van der Waals surface area (Å²) in [5, 5.41) is 20.8. The molecule has 0 N–H and O–H groups in total. The minimum atomic E-state index is -1.56. The van der Waals surface area contributed by atoms with Crippen LogP contribution in [-0.4, -0.2) is 15.6 Å². The summed E-state index contributed by atoms with van der Waals surface area (Å²) in [4.78, 5) is 29.5. The van der Waals surface area contributed by atoms with E-state index in [1.807, 2.05) is 0 Å². The van der Waals surface area contributed by atoms with Crippen LogP contribution in [0.25, 0.3) is 0 Å². The Morgan fingerprint density at radius 3 is 1.81 bits per heavy atom. The normalized spacial score (nSPS) is 9.88. The number of hydrogen-bond acceptors (Lipinski definition) is 5. The summed E-state index contributed by atoms with van der Waals surface area (Å²) in [6, 6.07) is 1.34. The summed E-state index contributed by atoms with van der Waals surface area (Å²) in [6.45, 7) is 1.07. The van der Waals surface area contributed by atoms with Gasteiger partial charge in [-0.1, -0.05) is 0 Å². The molecule has 0 saturated carbocycles. The Hall–Kier alpha value is -2.38. The number of halogens is 1. The average Bonchev–Trinajstić information content (AvgIpc) is 2.16. The van der Waals surface area contributed by atoms with Gasteiger partial charge in [0.2, 0.25) is 0 Å². The minimum Gasteiger partial charge on any atom is -0.295 e. The van der Waals surface area contributed by atoms with Gasteiger partial charge in [0.15, 0.2) is 5.78 Å². The third-order valence-corrected chi connectivity index (χ3v) is 1.83. The lowest BCUT2D eigenvalue weighted by Crippen LogP contribution is -2.02. The lowest BCUT2D eigenvalue weighted by Gasteiger charge is -1.99. The lowest BCUT2D eigenvalue weighted by molar-refractivity contribution is -0.399. The first-order valence-corrected chi connectivity index (χ1v) is 3.98. The molecule has 0 atom stereocenters. The molecule has 8 heteroatoms. The number of benzene rings is 1. The SMILES string of the molecule is CC(=O)c1cc([N+](=O)[O-])c(F)c([N+](=O)[O-])c1. The maximum absolute atomic E-state index is 13.2. The Balaban J connectivity index is 3.57. The Bertz CT molecular complexity index is 464. The van der Waals surface area contributed by atoms with E-state index < -0.39 is 32.8 Å². The van der Waals surface area contributed by atoms with Crippen LogP contribution in [0.4, 0.5) is 15.8 Å². The third kappa shape index (κ3) is 2.00. The second kappa shape index (κ2) is 4.01. The average molecular weight is 228 g/mol. The minimum absolute atomic E-state index is 0.278. The van der Waals surface area contributed by atoms with Crippen molar-refractivity contribution in [3.63, 3.8) is 0 Å². The zero-order valence-corrected chi connectivity index (χ0v) is 7.97. The number of Topliss-reactive ketones (excluding diaryl/α,β-unsaturated/α-hetero) is 1. The standard InChI is InChI=1S/C8H5FN2O5/c1-4(12)5-2-6(10(13)14)8(9)7(3-5)11(15)16/h2-3H,1H3. The molecule has 1 aromatic rings. The fourth-order valence-corrected chi connectivity index (χ4v) is 1.06. The van der Waals surface area contributed by atoms with E-state index in [4.69, 9.17) is 0 Å². The van der Waals surface area contributed by atoms with Crippen molar-refractivity contribution in [3.8, 4) is 0 Å². The van der Waals surface area contributed by atoms with E-state index in [1.54, 1.807) is 0 Å². The molecule has 0 amide bonds. The van der Waals surface area contributed by atoms with E-state index in [1.165, 1.54) is 0 Å². The fourth-order valence-electron chi connectivity index (χ4n) is 1.06. The second-order valence-electron chi connectivity index (χ2n) is 2.90. The van der Waals surface area contributed by atoms with Gasteiger partial charge < -0.3 is 0 Å². The van der Waals surface area contributed by atoms with Gasteiger partial charge in [0.1, 0.15) is 0 Å². The van der Waals surface area contributed by atoms with Gasteiger partial charge in [0.25, 0.3) is 5.82 Å². The van der Waals surface area contributed by atoms with E-state index in [-0.39, 0.29) is 5.56 Å². The smallest absolute Gasteiger partial charge is 0.295 e. The monoisotopic (exact) mass is 228 g/mol. The van der Waals surface area contributed by atoms with Crippen molar-refractivity contribution in [1.82, 2.24) is 0 Å². The van der Waals surface area contributed by atoms with Crippen molar-refractivity contribution >= 4 is 17.2 Å². The molecular weight excluding hydrogens is 223 g/mol. The van der Waals surface area contributed by atoms with Crippen molar-refractivity contribution < 1.29 is 19.0 Å². The van der Waals surface area contributed by atoms with Gasteiger partial charge in [-0.15, -0.1) is 0 Å². The summed E-state index contributed by atoms with van der Waals surface area (Å²) in [5.74, 6) is -2.17. The highest BCUT2D eigenvalue weighted by atomic mass is 19.1. The van der Waals surface area contributed by atoms with Crippen LogP contribution in [0.3, 0.4) is 0 Å². The third-order valence-electron chi connectivity index (χ3n) is 1.83. The van der Waals surface area contributed by atoms with Crippen molar-refractivity contribution in [2.45, 2.75) is 6.92 Å². The maximum Gasteiger partial charge on any atom is 0.312 e. The van der Waals surface area contributed by atoms with Gasteiger partial charge in [-0.2, -0.15) is 4.39 Å². The van der Waals surface area contributed by atoms with Crippen LogP contribution in [0.5, 0.6) is 0 Å². The summed E-state index contributed by atoms with van der Waals surface area (Å²) >= 11 is 0. The lowest BCUT2D eigenvalue weighted by atomic mass is 10.1. The maximum atomic E-state index is 13.2. The number of carbonyl (C=O) groups excluding carboxylic acids is 1. The molecule has 0 radical (unpaired) electrons. The van der Waals surface area contributed by atoms with Crippen LogP contribution in [-0.2, 0) is 0 Å². The Morgan fingerprint density at radius 1 is 1.19 bits per heavy atom. The van der Waals surface area contributed by atoms with Gasteiger partial charge in [-0.25, -0.2) is 0 Å². The van der Waals surface area contributed by atoms with E-state index in [2.05, 4.69) is 0 Å². The van der Waals surface area contributed by atoms with Crippen LogP contribution >= 0.6 is 0 Å². The topological polar surface area (TPSA) is 103 Å². The molecule has 16 heavy (non-hydrogen) atoms. The van der Waals surface area contributed by atoms with Gasteiger partial charge >= 0.3 is 11.4 Å². The number of rotatable bonds is 3. The molecule has 0 heterocycles. The number of carbonyl (C=O) groups is 1. The van der Waals surface area contributed by atoms with Gasteiger partial charge in [0, 0.05) is 17.7 Å². The van der Waals surface area contributed by atoms with E-state index in [9.17, 15) is 29.4 Å². The predicted molar refractivity (Wildman–Crippen MR) is 49.7 cm³/mol. The zero-order valence-electron chi connectivity index (χ0n) is 7.97. The largest absolute Gasteiger partial charge is 0.312 e. The number of ketones is 1. The second-order valence-corrected chi connectivity index (χ2v) is 2.90. The molecule has 0 fully saturated rings. The molecule has 0 aliphatic heterocycles. The summed E-state index contributed by atoms with van der Waals surface area (Å²) in [6.07, 6.45) is 0. The molecular formula is C8H5FN2O5. The molecule has 1 rings (SSSR count). The van der Waals surface area contributed by atoms with Crippen LogP contribution in [0.15, 0.2) is 12.1 Å². The quantitative estimate of drug-likeness (QED) is 0.446. The number of nitrogens with zero attached hydrogens (tertiary/aromatic N) is 2. The zero-order chi connectivity index (χ0) is 12.5. The summed E-state index contributed by atoms with van der Waals surface area (Å²) < 4.78 is 13.2. The molecule has 0 aromatic heterocycles. The Kier molecular flexibility index (Phi) is 2.93. The molecule has 1 aromatic carbocycles. The molecule has 0 saturated heterocycles. The summed E-state index contributed by atoms with van der Waals surface area (Å²) in [7, 11) is 0. The Labute approximate surface area is 87.8 Å². The molecule has 0 unspecified atom stereocenters. The number of hydrogen-bond donors (Lipinski definition) is 0. The van der Waals surface area contributed by atoms with Crippen LogP contribution in [0.1, 0.15) is 17.3 Å². The summed E-state index contributed by atoms with van der Waals surface area (Å²) in [5.41, 5.74) is -2.45. The fraction of sp³-hybridized carbons (Fsp3) is 0.125. The van der Waals surface area contributed by atoms with Gasteiger partial charge in [-0.05, 0) is 6.92 Å². The van der Waals surface area contributed by atoms with Crippen LogP contribution in [0.2, 0.25) is 0 Å². The molecule has 0 spiro atoms. The first-order valence-electron chi connectivity index (χ1n) is 3.98. The van der Waals surface area contributed by atoms with Gasteiger partial charge in [-0.3, -0.25) is 25.0 Å². The van der Waals surface area contributed by atoms with Crippen molar-refractivity contribution in [2.75, 3.05) is 0 Å². The molecule has 7 nitrogen and oxygen atoms in total. The highest BCUT2D eigenvalue weighted by molar-refractivity contribution is 5.95. The van der Waals surface area contributed by atoms with E-state index in [0.717, 1.165) is 6.92 Å². The first kappa shape index (κ1) is 11.7. The Morgan fingerprint density at radius 2 is 1.56 bits per heavy atom. The van der Waals surface area contributed by atoms with Crippen LogP contribution in [0, 0.1) is 26.0 Å². The van der Waals surface area contributed by atoms with E-state index in [0.29, 0.717) is 12.1 Å². The molecule has 0 aliphatic carbocycles. The van der Waals surface area contributed by atoms with Crippen molar-refractivity contribution in [3.05, 3.63) is 43.7 Å². The number of nitro benzene ring substituents is 2. The molecule has 84 valence electrons.